The first-order valence-corrected chi connectivity index (χ1v) is 32.6. The van der Waals surface area contributed by atoms with Crippen molar-refractivity contribution in [3.05, 3.63) is 346 Å². The lowest BCUT2D eigenvalue weighted by Crippen LogP contribution is -2.64. The van der Waals surface area contributed by atoms with Crippen molar-refractivity contribution in [3.63, 3.8) is 0 Å². The van der Waals surface area contributed by atoms with Gasteiger partial charge in [0.1, 0.15) is 5.82 Å². The molecule has 0 saturated carbocycles. The number of para-hydroxylation sites is 7. The first-order chi connectivity index (χ1) is 46.1. The standard InChI is InChI=1S/C84H56B2FN5S/c87-73-39-21-24-42-76(73)92-77-56-81-72(86-70-38-20-23-41-75(70)91(64-35-17-6-18-36-64)80-53-68(54-82(93-81)84(80)86)88(61-29-11-3-12-30-61)62-31-13-4-14-32-62)55-71(77)85-69-37-19-22-40-74(69)90(63-33-15-5-16-34-63)78-51-67(52-79(92)83(78)85)89(65-47-43-59(44-48-65)57-25-7-1-8-26-57)66-49-45-60(46-50-66)58-27-9-2-10-28-58/h1-56H. The SMILES string of the molecule is Fc1ccccc1N1c2cc3c(cc2B2c4ccccc4N(c4ccccc4)c4cc(N(c5ccc(-c6ccccc6)cc5)c5ccc(-c6ccccc6)cc5)cc1c42)B1c2ccccc2N(c2ccccc2)c2cc(N(c4ccccc4)c4ccccc4)cc(c21)S3. The summed E-state index contributed by atoms with van der Waals surface area (Å²) in [5, 5.41) is 0. The summed E-state index contributed by atoms with van der Waals surface area (Å²) in [6.45, 7) is -0.408. The molecule has 14 aromatic carbocycles. The maximum absolute atomic E-state index is 17.8. The van der Waals surface area contributed by atoms with Crippen LogP contribution in [-0.2, 0) is 0 Å². The van der Waals surface area contributed by atoms with Crippen LogP contribution in [0.2, 0.25) is 0 Å². The van der Waals surface area contributed by atoms with E-state index in [0.717, 1.165) is 118 Å². The third-order valence-corrected chi connectivity index (χ3v) is 20.0. The van der Waals surface area contributed by atoms with Crippen LogP contribution < -0.4 is 57.3 Å². The van der Waals surface area contributed by atoms with Gasteiger partial charge in [-0.2, -0.15) is 0 Å². The summed E-state index contributed by atoms with van der Waals surface area (Å²) in [6.07, 6.45) is 0. The lowest BCUT2D eigenvalue weighted by Gasteiger charge is -2.46. The molecule has 4 aliphatic heterocycles. The third-order valence-electron chi connectivity index (χ3n) is 18.9. The molecule has 0 spiro atoms. The highest BCUT2D eigenvalue weighted by Crippen LogP contribution is 2.52. The Morgan fingerprint density at radius 3 is 1.12 bits per heavy atom. The zero-order valence-corrected chi connectivity index (χ0v) is 51.3. The second-order valence-corrected chi connectivity index (χ2v) is 25.2. The molecule has 436 valence electrons. The van der Waals surface area contributed by atoms with E-state index in [2.05, 4.69) is 340 Å². The van der Waals surface area contributed by atoms with Crippen LogP contribution in [0.5, 0.6) is 0 Å². The van der Waals surface area contributed by atoms with Crippen molar-refractivity contribution in [1.29, 1.82) is 0 Å². The van der Waals surface area contributed by atoms with Gasteiger partial charge in [0, 0.05) is 83.7 Å². The minimum absolute atomic E-state index is 0.149. The van der Waals surface area contributed by atoms with Gasteiger partial charge in [-0.1, -0.05) is 230 Å². The van der Waals surface area contributed by atoms with Crippen molar-refractivity contribution in [1.82, 2.24) is 0 Å². The van der Waals surface area contributed by atoms with E-state index in [9.17, 15) is 0 Å². The minimum atomic E-state index is -0.309. The van der Waals surface area contributed by atoms with E-state index >= 15 is 4.39 Å². The second-order valence-electron chi connectivity index (χ2n) is 24.1. The number of nitrogens with zero attached hydrogens (tertiary/aromatic N) is 5. The molecule has 5 nitrogen and oxygen atoms in total. The van der Waals surface area contributed by atoms with E-state index in [1.54, 1.807) is 12.1 Å². The van der Waals surface area contributed by atoms with Gasteiger partial charge in [0.05, 0.1) is 11.4 Å². The maximum Gasteiger partial charge on any atom is 0.252 e. The Labute approximate surface area is 546 Å². The van der Waals surface area contributed by atoms with Gasteiger partial charge < -0.3 is 24.5 Å². The van der Waals surface area contributed by atoms with Crippen molar-refractivity contribution >= 4 is 143 Å². The molecule has 9 heteroatoms. The summed E-state index contributed by atoms with van der Waals surface area (Å²) < 4.78 is 17.8. The fraction of sp³-hybridized carbons (Fsp3) is 0. The molecule has 0 amide bonds. The van der Waals surface area contributed by atoms with Crippen LogP contribution in [-0.4, -0.2) is 13.4 Å². The number of hydrogen-bond acceptors (Lipinski definition) is 6. The van der Waals surface area contributed by atoms with E-state index < -0.39 is 0 Å². The van der Waals surface area contributed by atoms with Crippen LogP contribution >= 0.6 is 11.8 Å². The fourth-order valence-electron chi connectivity index (χ4n) is 14.9. The Hall–Kier alpha value is -11.5. The topological polar surface area (TPSA) is 16.2 Å². The van der Waals surface area contributed by atoms with Gasteiger partial charge in [-0.15, -0.1) is 0 Å². The van der Waals surface area contributed by atoms with Gasteiger partial charge in [-0.3, -0.25) is 0 Å². The molecule has 0 radical (unpaired) electrons. The highest BCUT2D eigenvalue weighted by molar-refractivity contribution is 8.00. The van der Waals surface area contributed by atoms with Crippen LogP contribution in [0.1, 0.15) is 0 Å². The van der Waals surface area contributed by atoms with Crippen LogP contribution in [0, 0.1) is 5.82 Å². The molecule has 14 aromatic rings. The van der Waals surface area contributed by atoms with E-state index in [1.807, 2.05) is 23.9 Å². The number of rotatable bonds is 11. The second kappa shape index (κ2) is 22.5. The van der Waals surface area contributed by atoms with Gasteiger partial charge in [0.15, 0.2) is 0 Å². The van der Waals surface area contributed by atoms with Crippen LogP contribution in [0.25, 0.3) is 22.3 Å². The first kappa shape index (κ1) is 54.4. The van der Waals surface area contributed by atoms with E-state index in [1.165, 1.54) is 26.7 Å². The van der Waals surface area contributed by atoms with Crippen molar-refractivity contribution < 1.29 is 4.39 Å². The van der Waals surface area contributed by atoms with Crippen molar-refractivity contribution in [2.45, 2.75) is 9.79 Å². The van der Waals surface area contributed by atoms with E-state index in [0.29, 0.717) is 5.69 Å². The Morgan fingerprint density at radius 2 is 0.624 bits per heavy atom. The normalized spacial score (nSPS) is 12.8. The quantitative estimate of drug-likeness (QED) is 0.119. The molecule has 93 heavy (non-hydrogen) atoms. The van der Waals surface area contributed by atoms with Crippen LogP contribution in [0.4, 0.5) is 89.7 Å². The van der Waals surface area contributed by atoms with Gasteiger partial charge >= 0.3 is 0 Å². The molecule has 4 aliphatic rings. The molecule has 0 bridgehead atoms. The number of anilines is 15. The zero-order chi connectivity index (χ0) is 61.5. The number of benzene rings is 14. The molecule has 0 saturated heterocycles. The van der Waals surface area contributed by atoms with Crippen molar-refractivity contribution in [3.8, 4) is 22.3 Å². The number of hydrogen-bond donors (Lipinski definition) is 0. The fourth-order valence-corrected chi connectivity index (χ4v) is 16.1. The Bertz CT molecular complexity index is 5040. The molecule has 4 heterocycles. The summed E-state index contributed by atoms with van der Waals surface area (Å²) in [5.41, 5.74) is 26.6. The maximum atomic E-state index is 17.8. The Morgan fingerprint density at radius 1 is 0.247 bits per heavy atom. The Balaban J connectivity index is 0.901. The molecular formula is C84H56B2FN5S. The molecule has 0 N–H and O–H groups in total. The van der Waals surface area contributed by atoms with Gasteiger partial charge in [-0.25, -0.2) is 4.39 Å². The average Bonchev–Trinajstić information content (AvgIpc) is 0.695. The zero-order valence-electron chi connectivity index (χ0n) is 50.5. The predicted octanol–water partition coefficient (Wildman–Crippen LogP) is 18.9. The monoisotopic (exact) mass is 1210 g/mol. The van der Waals surface area contributed by atoms with E-state index in [-0.39, 0.29) is 19.2 Å². The third kappa shape index (κ3) is 9.10. The molecule has 0 atom stereocenters. The summed E-state index contributed by atoms with van der Waals surface area (Å²) in [7, 11) is 0. The highest BCUT2D eigenvalue weighted by Gasteiger charge is 2.48. The summed E-state index contributed by atoms with van der Waals surface area (Å²) >= 11 is 1.82. The van der Waals surface area contributed by atoms with Crippen molar-refractivity contribution in [2.75, 3.05) is 24.5 Å². The van der Waals surface area contributed by atoms with E-state index in [4.69, 9.17) is 0 Å². The highest BCUT2D eigenvalue weighted by atomic mass is 32.2. The smallest absolute Gasteiger partial charge is 0.252 e. The van der Waals surface area contributed by atoms with Gasteiger partial charge in [-0.05, 0) is 177 Å². The molecule has 18 rings (SSSR count). The largest absolute Gasteiger partial charge is 0.311 e. The predicted molar refractivity (Wildman–Crippen MR) is 391 cm³/mol. The minimum Gasteiger partial charge on any atom is -0.311 e. The molecule has 0 aliphatic carbocycles. The molecule has 0 aromatic heterocycles. The lowest BCUT2D eigenvalue weighted by atomic mass is 9.31. The molecule has 0 fully saturated rings. The first-order valence-electron chi connectivity index (χ1n) is 31.7. The lowest BCUT2D eigenvalue weighted by molar-refractivity contribution is 0.629. The van der Waals surface area contributed by atoms with Crippen LogP contribution in [0.15, 0.2) is 350 Å². The molecule has 0 unspecified atom stereocenters. The average molecular weight is 1210 g/mol. The Kier molecular flexibility index (Phi) is 13.1. The molecular weight excluding hydrogens is 1150 g/mol. The summed E-state index contributed by atoms with van der Waals surface area (Å²) in [6, 6.07) is 122. The van der Waals surface area contributed by atoms with Gasteiger partial charge in [0.25, 0.3) is 6.71 Å². The number of fused-ring (bicyclic) bond motifs is 8. The summed E-state index contributed by atoms with van der Waals surface area (Å²) in [4.78, 5) is 14.2. The number of halogens is 1. The van der Waals surface area contributed by atoms with Gasteiger partial charge in [0.2, 0.25) is 6.71 Å². The van der Waals surface area contributed by atoms with Crippen LogP contribution in [0.3, 0.4) is 0 Å². The summed E-state index contributed by atoms with van der Waals surface area (Å²) in [5.74, 6) is -0.309. The van der Waals surface area contributed by atoms with Crippen molar-refractivity contribution in [2.24, 2.45) is 0 Å².